The summed E-state index contributed by atoms with van der Waals surface area (Å²) in [4.78, 5) is 47.4. The van der Waals surface area contributed by atoms with Gasteiger partial charge in [-0.3, -0.25) is 23.4 Å². The third kappa shape index (κ3) is 6.60. The fourth-order valence-electron chi connectivity index (χ4n) is 10.8. The van der Waals surface area contributed by atoms with Crippen LogP contribution < -0.4 is 11.4 Å². The van der Waals surface area contributed by atoms with Crippen LogP contribution in [0.1, 0.15) is 109 Å². The van der Waals surface area contributed by atoms with E-state index in [0.717, 1.165) is 29.3 Å². The molecule has 1 saturated heterocycles. The van der Waals surface area contributed by atoms with E-state index in [4.69, 9.17) is 14.4 Å². The minimum Gasteiger partial charge on any atom is -0.376 e. The van der Waals surface area contributed by atoms with Crippen LogP contribution >= 0.6 is 0 Å². The predicted molar refractivity (Wildman–Crippen MR) is 248 cm³/mol. The third-order valence-electron chi connectivity index (χ3n) is 14.2. The van der Waals surface area contributed by atoms with Crippen LogP contribution in [0, 0.1) is 25.6 Å². The standard InChI is InChI=1S/C49H50FN9O6S/c1-27-20-36(21-28(2)42(27)50)59-43(57-17-16-56(47(57)62)35-9-10-37-32(23-35)14-19-66(7,63)54-37)41-30(4)55(15-12-38(41)52-59)44(60)40-24-34-22-31(33-13-18-64-48(5,6)26-33)8-11-39(34)58(40)49(25-29(49)3)45-51-46(61)65-53-45/h8-11,14,16-17,19-24,29-30,33H,12-13,15,18,25-26H2,1-7H3,(H,51,53,61)/t29-,30-,33-,49-,66?/m0/s1. The normalized spacial score (nSPS) is 24.3. The molecule has 340 valence electrons. The number of aromatic amines is 1. The van der Waals surface area contributed by atoms with Crippen molar-refractivity contribution in [3.05, 3.63) is 144 Å². The Morgan fingerprint density at radius 3 is 2.44 bits per heavy atom. The van der Waals surface area contributed by atoms with E-state index in [0.29, 0.717) is 82.8 Å². The van der Waals surface area contributed by atoms with E-state index in [-0.39, 0.29) is 29.2 Å². The van der Waals surface area contributed by atoms with Crippen molar-refractivity contribution in [2.75, 3.05) is 19.4 Å². The summed E-state index contributed by atoms with van der Waals surface area (Å²) in [6.07, 6.45) is 9.44. The van der Waals surface area contributed by atoms with Crippen molar-refractivity contribution in [3.8, 4) is 17.2 Å². The molecule has 17 heteroatoms. The summed E-state index contributed by atoms with van der Waals surface area (Å²) in [5.74, 6) is -0.140. The topological polar surface area (TPSA) is 168 Å². The first-order valence-electron chi connectivity index (χ1n) is 22.3. The number of imidazole rings is 1. The molecule has 15 nitrogen and oxygen atoms in total. The summed E-state index contributed by atoms with van der Waals surface area (Å²) in [5, 5.41) is 11.8. The number of aromatic nitrogens is 7. The first-order valence-corrected chi connectivity index (χ1v) is 24.3. The lowest BCUT2D eigenvalue weighted by Crippen LogP contribution is -2.41. The molecule has 2 fully saturated rings. The highest BCUT2D eigenvalue weighted by Gasteiger charge is 2.59. The highest BCUT2D eigenvalue weighted by molar-refractivity contribution is 7.96. The zero-order valence-corrected chi connectivity index (χ0v) is 38.6. The summed E-state index contributed by atoms with van der Waals surface area (Å²) < 4.78 is 50.1. The molecule has 7 heterocycles. The number of nitrogens with one attached hydrogen (secondary N) is 1. The molecule has 1 amide bonds. The minimum atomic E-state index is -2.49. The van der Waals surface area contributed by atoms with Crippen molar-refractivity contribution in [1.82, 2.24) is 38.5 Å². The number of H-pyrrole nitrogens is 1. The molecule has 1 N–H and O–H groups in total. The summed E-state index contributed by atoms with van der Waals surface area (Å²) >= 11 is 0. The molecule has 4 aromatic heterocycles. The number of fused-ring (bicyclic) bond motifs is 3. The molecule has 11 rings (SSSR count). The van der Waals surface area contributed by atoms with E-state index < -0.39 is 32.8 Å². The molecule has 1 saturated carbocycles. The van der Waals surface area contributed by atoms with E-state index in [1.54, 1.807) is 72.9 Å². The first kappa shape index (κ1) is 42.1. The van der Waals surface area contributed by atoms with Crippen molar-refractivity contribution in [2.45, 2.75) is 90.3 Å². The smallest absolute Gasteiger partial charge is 0.376 e. The van der Waals surface area contributed by atoms with Crippen LogP contribution in [-0.4, -0.2) is 73.6 Å². The molecule has 0 radical (unpaired) electrons. The summed E-state index contributed by atoms with van der Waals surface area (Å²) in [6.45, 7) is 12.6. The van der Waals surface area contributed by atoms with Crippen LogP contribution in [0.5, 0.6) is 0 Å². The molecule has 0 spiro atoms. The van der Waals surface area contributed by atoms with Crippen LogP contribution in [-0.2, 0) is 26.4 Å². The van der Waals surface area contributed by atoms with Crippen molar-refractivity contribution in [2.24, 2.45) is 10.3 Å². The number of hydrogen-bond donors (Lipinski definition) is 1. The van der Waals surface area contributed by atoms with Crippen molar-refractivity contribution in [3.63, 3.8) is 0 Å². The SMILES string of the molecule is Cc1cc(-n2nc3c(c2-n2ccn(-c4ccc5c(c4)C=CS(C)(=O)=N5)c2=O)[C@H](C)N(C(=O)c2cc4cc([C@H]5CCOC(C)(C)C5)ccc4n2[C@@]2(c4noc(=O)[nH]4)C[C@@H]2C)CC3)cc(C)c1F. The van der Waals surface area contributed by atoms with E-state index in [9.17, 15) is 13.8 Å². The fraction of sp³-hybridized carbons (Fsp3) is 0.367. The molecule has 7 aromatic rings. The van der Waals surface area contributed by atoms with E-state index in [1.807, 2.05) is 28.5 Å². The van der Waals surface area contributed by atoms with Gasteiger partial charge in [-0.25, -0.2) is 22.9 Å². The van der Waals surface area contributed by atoms with E-state index in [1.165, 1.54) is 14.7 Å². The van der Waals surface area contributed by atoms with Gasteiger partial charge in [0, 0.05) is 65.7 Å². The largest absolute Gasteiger partial charge is 0.438 e. The molecular formula is C49H50FN9O6S. The number of ether oxygens (including phenoxy) is 1. The zero-order valence-electron chi connectivity index (χ0n) is 37.8. The predicted octanol–water partition coefficient (Wildman–Crippen LogP) is 8.13. The summed E-state index contributed by atoms with van der Waals surface area (Å²) in [5.41, 5.74) is 5.66. The van der Waals surface area contributed by atoms with Crippen LogP contribution in [0.4, 0.5) is 10.1 Å². The number of nitrogens with zero attached hydrogens (tertiary/aromatic N) is 8. The number of aryl methyl sites for hydroxylation is 2. The summed E-state index contributed by atoms with van der Waals surface area (Å²) in [7, 11) is -2.49. The maximum atomic E-state index is 15.6. The van der Waals surface area contributed by atoms with Crippen LogP contribution in [0.3, 0.4) is 0 Å². The second-order valence-corrected chi connectivity index (χ2v) is 21.4. The number of hydrogen-bond acceptors (Lipinski definition) is 9. The Balaban J connectivity index is 1.05. The molecular weight excluding hydrogens is 862 g/mol. The lowest BCUT2D eigenvalue weighted by atomic mass is 9.83. The van der Waals surface area contributed by atoms with Crippen LogP contribution in [0.2, 0.25) is 0 Å². The lowest BCUT2D eigenvalue weighted by molar-refractivity contribution is -0.0592. The maximum Gasteiger partial charge on any atom is 0.438 e. The van der Waals surface area contributed by atoms with Crippen molar-refractivity contribution >= 4 is 38.3 Å². The lowest BCUT2D eigenvalue weighted by Gasteiger charge is -2.35. The van der Waals surface area contributed by atoms with Crippen LogP contribution in [0.25, 0.3) is 34.2 Å². The maximum absolute atomic E-state index is 15.6. The highest BCUT2D eigenvalue weighted by atomic mass is 32.2. The van der Waals surface area contributed by atoms with Gasteiger partial charge in [-0.15, -0.1) is 0 Å². The number of amides is 1. The van der Waals surface area contributed by atoms with Gasteiger partial charge in [-0.1, -0.05) is 18.1 Å². The Labute approximate surface area is 379 Å². The Bertz CT molecular complexity index is 3460. The number of carbonyl (C=O) groups is 1. The second-order valence-electron chi connectivity index (χ2n) is 19.2. The quantitative estimate of drug-likeness (QED) is 0.167. The van der Waals surface area contributed by atoms with Gasteiger partial charge in [-0.2, -0.15) is 9.46 Å². The summed E-state index contributed by atoms with van der Waals surface area (Å²) in [6, 6.07) is 16.5. The van der Waals surface area contributed by atoms with Gasteiger partial charge in [0.2, 0.25) is 0 Å². The Kier molecular flexibility index (Phi) is 9.38. The number of benzene rings is 3. The highest BCUT2D eigenvalue weighted by Crippen LogP contribution is 2.56. The minimum absolute atomic E-state index is 0.0126. The second kappa shape index (κ2) is 14.7. The van der Waals surface area contributed by atoms with Gasteiger partial charge in [0.15, 0.2) is 5.82 Å². The van der Waals surface area contributed by atoms with Gasteiger partial charge in [-0.05, 0) is 137 Å². The van der Waals surface area contributed by atoms with Crippen molar-refractivity contribution < 1.29 is 22.7 Å². The van der Waals surface area contributed by atoms with Crippen molar-refractivity contribution in [1.29, 1.82) is 0 Å². The average molecular weight is 912 g/mol. The fourth-order valence-corrected chi connectivity index (χ4v) is 11.8. The zero-order chi connectivity index (χ0) is 46.2. The molecule has 1 unspecified atom stereocenters. The molecule has 3 aromatic carbocycles. The Morgan fingerprint density at radius 2 is 1.73 bits per heavy atom. The number of carbonyl (C=O) groups excluding carboxylic acids is 1. The molecule has 0 bridgehead atoms. The van der Waals surface area contributed by atoms with Gasteiger partial charge < -0.3 is 14.2 Å². The van der Waals surface area contributed by atoms with Crippen LogP contribution in [0.15, 0.2) is 90.9 Å². The Hall–Kier alpha value is -6.59. The van der Waals surface area contributed by atoms with Gasteiger partial charge >= 0.3 is 11.4 Å². The van der Waals surface area contributed by atoms with Gasteiger partial charge in [0.1, 0.15) is 22.9 Å². The monoisotopic (exact) mass is 911 g/mol. The molecule has 1 aliphatic carbocycles. The molecule has 66 heavy (non-hydrogen) atoms. The average Bonchev–Trinajstić information content (AvgIpc) is 3.77. The van der Waals surface area contributed by atoms with Gasteiger partial charge in [0.05, 0.1) is 44.1 Å². The van der Waals surface area contributed by atoms with E-state index >= 15 is 9.18 Å². The molecule has 4 aliphatic rings. The van der Waals surface area contributed by atoms with E-state index in [2.05, 4.69) is 53.5 Å². The Morgan fingerprint density at radius 1 is 0.970 bits per heavy atom. The molecule has 5 atom stereocenters. The molecule has 3 aliphatic heterocycles. The third-order valence-corrected chi connectivity index (χ3v) is 15.4. The van der Waals surface area contributed by atoms with Gasteiger partial charge in [0.25, 0.3) is 5.91 Å². The number of rotatable bonds is 7. The number of halogens is 1. The first-order chi connectivity index (χ1) is 31.4.